The van der Waals surface area contributed by atoms with Gasteiger partial charge in [0.2, 0.25) is 17.7 Å². The van der Waals surface area contributed by atoms with Crippen LogP contribution in [-0.2, 0) is 17.8 Å². The van der Waals surface area contributed by atoms with Gasteiger partial charge in [0.25, 0.3) is 0 Å². The Bertz CT molecular complexity index is 1010. The Hall–Kier alpha value is -3.65. The van der Waals surface area contributed by atoms with Crippen LogP contribution in [0.4, 0.5) is 11.6 Å². The summed E-state index contributed by atoms with van der Waals surface area (Å²) >= 11 is 0. The minimum Gasteiger partial charge on any atom is -0.497 e. The first-order chi connectivity index (χ1) is 15.0. The predicted molar refractivity (Wildman–Crippen MR) is 120 cm³/mol. The third-order valence-electron chi connectivity index (χ3n) is 4.65. The van der Waals surface area contributed by atoms with Gasteiger partial charge in [-0.15, -0.1) is 0 Å². The van der Waals surface area contributed by atoms with E-state index in [1.807, 2.05) is 60.5 Å². The summed E-state index contributed by atoms with van der Waals surface area (Å²) in [5, 5.41) is 2.79. The molecule has 162 valence electrons. The molecule has 8 nitrogen and oxygen atoms in total. The molecule has 1 amide bonds. The number of nitrogens with two attached hydrogens (primary N) is 1. The molecule has 0 unspecified atom stereocenters. The van der Waals surface area contributed by atoms with Crippen LogP contribution in [0, 0.1) is 0 Å². The van der Waals surface area contributed by atoms with E-state index in [1.165, 1.54) is 6.92 Å². The molecular formula is C23H27N5O3. The van der Waals surface area contributed by atoms with Crippen molar-refractivity contribution < 1.29 is 14.3 Å². The van der Waals surface area contributed by atoms with Crippen LogP contribution in [0.15, 0.2) is 54.6 Å². The first-order valence-corrected chi connectivity index (χ1v) is 9.95. The molecule has 0 aliphatic heterocycles. The molecule has 0 spiro atoms. The number of anilines is 2. The highest BCUT2D eigenvalue weighted by molar-refractivity contribution is 5.72. The summed E-state index contributed by atoms with van der Waals surface area (Å²) in [6.45, 7) is 2.38. The van der Waals surface area contributed by atoms with E-state index in [2.05, 4.69) is 15.3 Å². The molecule has 8 heteroatoms. The molecule has 3 N–H and O–H groups in total. The number of nitrogens with zero attached hydrogens (tertiary/aromatic N) is 3. The number of ether oxygens (including phenoxy) is 2. The Morgan fingerprint density at radius 1 is 1.06 bits per heavy atom. The van der Waals surface area contributed by atoms with E-state index in [4.69, 9.17) is 15.2 Å². The van der Waals surface area contributed by atoms with Crippen LogP contribution in [0.3, 0.4) is 0 Å². The Labute approximate surface area is 182 Å². The standard InChI is InChI=1S/C23H27N5O3/c1-16(29)25-13-12-17-4-8-21(9-5-17)31-22-14-18(15-24)26-23(27-22)28(2)19-6-10-20(30-3)11-7-19/h4-11,14H,12-13,15,24H2,1-3H3,(H,25,29). The van der Waals surface area contributed by atoms with Gasteiger partial charge in [-0.25, -0.2) is 4.98 Å². The average molecular weight is 422 g/mol. The van der Waals surface area contributed by atoms with Gasteiger partial charge in [-0.05, 0) is 48.4 Å². The Morgan fingerprint density at radius 3 is 2.35 bits per heavy atom. The molecule has 2 aromatic carbocycles. The van der Waals surface area contributed by atoms with Gasteiger partial charge >= 0.3 is 0 Å². The van der Waals surface area contributed by atoms with Crippen molar-refractivity contribution in [1.29, 1.82) is 0 Å². The largest absolute Gasteiger partial charge is 0.497 e. The minimum absolute atomic E-state index is 0.0326. The van der Waals surface area contributed by atoms with E-state index < -0.39 is 0 Å². The SMILES string of the molecule is COc1ccc(N(C)c2nc(CN)cc(Oc3ccc(CCNC(C)=O)cc3)n2)cc1. The molecule has 3 rings (SSSR count). The fourth-order valence-electron chi connectivity index (χ4n) is 2.92. The maximum absolute atomic E-state index is 11.0. The van der Waals surface area contributed by atoms with E-state index in [-0.39, 0.29) is 12.5 Å². The van der Waals surface area contributed by atoms with Crippen molar-refractivity contribution in [3.63, 3.8) is 0 Å². The van der Waals surface area contributed by atoms with Gasteiger partial charge in [-0.3, -0.25) is 4.79 Å². The van der Waals surface area contributed by atoms with E-state index in [0.29, 0.717) is 29.8 Å². The predicted octanol–water partition coefficient (Wildman–Crippen LogP) is 3.18. The second-order valence-corrected chi connectivity index (χ2v) is 6.94. The van der Waals surface area contributed by atoms with Gasteiger partial charge in [0.15, 0.2) is 0 Å². The normalized spacial score (nSPS) is 10.5. The molecular weight excluding hydrogens is 394 g/mol. The van der Waals surface area contributed by atoms with Crippen molar-refractivity contribution in [2.45, 2.75) is 19.9 Å². The Morgan fingerprint density at radius 2 is 1.74 bits per heavy atom. The van der Waals surface area contributed by atoms with Crippen LogP contribution in [0.25, 0.3) is 0 Å². The third-order valence-corrected chi connectivity index (χ3v) is 4.65. The van der Waals surface area contributed by atoms with Gasteiger partial charge in [-0.1, -0.05) is 12.1 Å². The van der Waals surface area contributed by atoms with Crippen LogP contribution in [0.2, 0.25) is 0 Å². The van der Waals surface area contributed by atoms with Crippen molar-refractivity contribution in [3.8, 4) is 17.4 Å². The maximum atomic E-state index is 11.0. The lowest BCUT2D eigenvalue weighted by atomic mass is 10.1. The van der Waals surface area contributed by atoms with Crippen molar-refractivity contribution in [1.82, 2.24) is 15.3 Å². The van der Waals surface area contributed by atoms with Crippen molar-refractivity contribution in [2.75, 3.05) is 25.6 Å². The highest BCUT2D eigenvalue weighted by Crippen LogP contribution is 2.27. The molecule has 0 radical (unpaired) electrons. The van der Waals surface area contributed by atoms with Gasteiger partial charge in [0.1, 0.15) is 11.5 Å². The lowest BCUT2D eigenvalue weighted by molar-refractivity contribution is -0.118. The number of amides is 1. The Balaban J connectivity index is 1.74. The lowest BCUT2D eigenvalue weighted by Gasteiger charge is -2.19. The number of methoxy groups -OCH3 is 1. The highest BCUT2D eigenvalue weighted by atomic mass is 16.5. The van der Waals surface area contributed by atoms with Gasteiger partial charge in [0, 0.05) is 38.8 Å². The number of carbonyl (C=O) groups excluding carboxylic acids is 1. The maximum Gasteiger partial charge on any atom is 0.233 e. The zero-order valence-corrected chi connectivity index (χ0v) is 18.0. The monoisotopic (exact) mass is 421 g/mol. The van der Waals surface area contributed by atoms with E-state index >= 15 is 0 Å². The molecule has 0 saturated heterocycles. The molecule has 0 aliphatic rings. The quantitative estimate of drug-likeness (QED) is 0.547. The van der Waals surface area contributed by atoms with Crippen LogP contribution in [0.5, 0.6) is 17.4 Å². The van der Waals surface area contributed by atoms with Crippen LogP contribution in [-0.4, -0.2) is 36.6 Å². The van der Waals surface area contributed by atoms with E-state index in [1.54, 1.807) is 13.2 Å². The molecule has 31 heavy (non-hydrogen) atoms. The second kappa shape index (κ2) is 10.4. The van der Waals surface area contributed by atoms with E-state index in [0.717, 1.165) is 23.4 Å². The first-order valence-electron chi connectivity index (χ1n) is 9.95. The molecule has 0 atom stereocenters. The van der Waals surface area contributed by atoms with Gasteiger partial charge in [0.05, 0.1) is 12.8 Å². The number of nitrogens with one attached hydrogen (secondary N) is 1. The van der Waals surface area contributed by atoms with Crippen molar-refractivity contribution in [2.24, 2.45) is 5.73 Å². The molecule has 0 saturated carbocycles. The summed E-state index contributed by atoms with van der Waals surface area (Å²) in [7, 11) is 3.51. The molecule has 0 aliphatic carbocycles. The fourth-order valence-corrected chi connectivity index (χ4v) is 2.92. The molecule has 0 bridgehead atoms. The lowest BCUT2D eigenvalue weighted by Crippen LogP contribution is -2.22. The zero-order valence-electron chi connectivity index (χ0n) is 18.0. The molecule has 0 fully saturated rings. The summed E-state index contributed by atoms with van der Waals surface area (Å²) in [6.07, 6.45) is 0.751. The number of carbonyl (C=O) groups is 1. The fraction of sp³-hybridized carbons (Fsp3) is 0.261. The van der Waals surface area contributed by atoms with Crippen molar-refractivity contribution in [3.05, 3.63) is 65.9 Å². The summed E-state index contributed by atoms with van der Waals surface area (Å²) in [4.78, 5) is 21.9. The number of rotatable bonds is 9. The third kappa shape index (κ3) is 6.16. The van der Waals surface area contributed by atoms with Gasteiger partial charge in [-0.2, -0.15) is 4.98 Å². The average Bonchev–Trinajstić information content (AvgIpc) is 2.79. The van der Waals surface area contributed by atoms with Crippen molar-refractivity contribution >= 4 is 17.5 Å². The van der Waals surface area contributed by atoms with Crippen LogP contribution in [0.1, 0.15) is 18.2 Å². The topological polar surface area (TPSA) is 103 Å². The molecule has 3 aromatic rings. The number of hydrogen-bond acceptors (Lipinski definition) is 7. The summed E-state index contributed by atoms with van der Waals surface area (Å²) < 4.78 is 11.2. The van der Waals surface area contributed by atoms with Gasteiger partial charge < -0.3 is 25.4 Å². The highest BCUT2D eigenvalue weighted by Gasteiger charge is 2.12. The minimum atomic E-state index is -0.0326. The molecule has 1 heterocycles. The number of hydrogen-bond donors (Lipinski definition) is 2. The summed E-state index contributed by atoms with van der Waals surface area (Å²) in [6, 6.07) is 17.0. The number of aromatic nitrogens is 2. The smallest absolute Gasteiger partial charge is 0.233 e. The second-order valence-electron chi connectivity index (χ2n) is 6.94. The van der Waals surface area contributed by atoms with Crippen LogP contribution >= 0.6 is 0 Å². The van der Waals surface area contributed by atoms with E-state index in [9.17, 15) is 4.79 Å². The Kier molecular flexibility index (Phi) is 7.40. The molecule has 1 aromatic heterocycles. The number of benzene rings is 2. The zero-order chi connectivity index (χ0) is 22.2. The first kappa shape index (κ1) is 22.0. The van der Waals surface area contributed by atoms with Crippen LogP contribution < -0.4 is 25.4 Å². The summed E-state index contributed by atoms with van der Waals surface area (Å²) in [5.41, 5.74) is 8.52. The summed E-state index contributed by atoms with van der Waals surface area (Å²) in [5.74, 6) is 2.29.